The fraction of sp³-hybridized carbons (Fsp3) is 0.412. The van der Waals surface area contributed by atoms with E-state index in [9.17, 15) is 8.42 Å². The summed E-state index contributed by atoms with van der Waals surface area (Å²) in [6, 6.07) is 8.17. The van der Waals surface area contributed by atoms with Crippen molar-refractivity contribution in [3.63, 3.8) is 0 Å². The van der Waals surface area contributed by atoms with Crippen LogP contribution in [0.15, 0.2) is 35.2 Å². The zero-order valence-corrected chi connectivity index (χ0v) is 15.7. The van der Waals surface area contributed by atoms with Gasteiger partial charge in [0.1, 0.15) is 22.5 Å². The third kappa shape index (κ3) is 3.73. The first kappa shape index (κ1) is 18.4. The zero-order chi connectivity index (χ0) is 18.7. The van der Waals surface area contributed by atoms with Crippen LogP contribution in [0.5, 0.6) is 17.4 Å². The Labute approximate surface area is 152 Å². The van der Waals surface area contributed by atoms with Gasteiger partial charge in [0, 0.05) is 18.7 Å². The number of benzene rings is 1. The van der Waals surface area contributed by atoms with Crippen LogP contribution in [0.25, 0.3) is 0 Å². The van der Waals surface area contributed by atoms with E-state index in [0.29, 0.717) is 24.6 Å². The maximum Gasteiger partial charge on any atom is 0.246 e. The minimum Gasteiger partial charge on any atom is -0.497 e. The van der Waals surface area contributed by atoms with Gasteiger partial charge in [-0.1, -0.05) is 0 Å². The molecule has 2 aromatic rings. The summed E-state index contributed by atoms with van der Waals surface area (Å²) in [7, 11) is -0.758. The number of rotatable bonds is 6. The molecule has 0 bridgehead atoms. The van der Waals surface area contributed by atoms with Crippen molar-refractivity contribution in [3.05, 3.63) is 36.0 Å². The quantitative estimate of drug-likeness (QED) is 0.753. The molecular weight excluding hydrogens is 358 g/mol. The minimum atomic E-state index is -3.70. The van der Waals surface area contributed by atoms with Crippen molar-refractivity contribution in [1.82, 2.24) is 14.5 Å². The minimum absolute atomic E-state index is 0.108. The lowest BCUT2D eigenvalue weighted by molar-refractivity contribution is 0.204. The third-order valence-corrected chi connectivity index (χ3v) is 6.06. The van der Waals surface area contributed by atoms with Gasteiger partial charge in [-0.3, -0.25) is 0 Å². The summed E-state index contributed by atoms with van der Waals surface area (Å²) in [4.78, 5) is 0.108. The lowest BCUT2D eigenvalue weighted by Crippen LogP contribution is -2.31. The van der Waals surface area contributed by atoms with Gasteiger partial charge in [-0.05, 0) is 31.5 Å². The molecule has 1 atom stereocenters. The smallest absolute Gasteiger partial charge is 0.246 e. The van der Waals surface area contributed by atoms with Crippen molar-refractivity contribution >= 4 is 10.0 Å². The highest BCUT2D eigenvalue weighted by molar-refractivity contribution is 7.89. The van der Waals surface area contributed by atoms with Gasteiger partial charge in [-0.15, -0.1) is 5.10 Å². The molecule has 0 amide bonds. The van der Waals surface area contributed by atoms with Crippen LogP contribution in [0.3, 0.4) is 0 Å². The maximum atomic E-state index is 13.0. The number of aromatic nitrogens is 2. The summed E-state index contributed by atoms with van der Waals surface area (Å²) in [5.41, 5.74) is 0.791. The molecule has 1 aliphatic heterocycles. The van der Waals surface area contributed by atoms with Crippen LogP contribution >= 0.6 is 0 Å². The third-order valence-electron chi connectivity index (χ3n) is 4.16. The Morgan fingerprint density at radius 2 is 1.92 bits per heavy atom. The lowest BCUT2D eigenvalue weighted by atomic mass is 10.3. The van der Waals surface area contributed by atoms with Crippen LogP contribution in [-0.4, -0.2) is 56.3 Å². The van der Waals surface area contributed by atoms with Crippen LogP contribution in [0.4, 0.5) is 0 Å². The number of nitrogens with zero attached hydrogens (tertiary/aromatic N) is 3. The fourth-order valence-electron chi connectivity index (χ4n) is 2.76. The Bertz CT molecular complexity index is 870. The summed E-state index contributed by atoms with van der Waals surface area (Å²) < 4.78 is 43.5. The highest BCUT2D eigenvalue weighted by Crippen LogP contribution is 2.32. The first-order valence-electron chi connectivity index (χ1n) is 8.13. The second-order valence-electron chi connectivity index (χ2n) is 5.92. The number of ether oxygens (including phenoxy) is 3. The molecule has 140 valence electrons. The molecule has 1 saturated heterocycles. The molecule has 1 aromatic heterocycles. The topological polar surface area (TPSA) is 90.9 Å². The van der Waals surface area contributed by atoms with E-state index in [4.69, 9.17) is 14.2 Å². The molecule has 1 fully saturated rings. The standard InChI is InChI=1S/C17H21N3O5S/c1-12-4-7-17(19-18-12)25-14-8-9-20(11-14)26(21,22)16-6-5-13(23-2)10-15(16)24-3/h4-7,10,14H,8-9,11H2,1-3H3. The fourth-order valence-corrected chi connectivity index (χ4v) is 4.38. The van der Waals surface area contributed by atoms with Crippen molar-refractivity contribution in [2.75, 3.05) is 27.3 Å². The van der Waals surface area contributed by atoms with E-state index in [-0.39, 0.29) is 23.3 Å². The molecule has 0 aliphatic carbocycles. The van der Waals surface area contributed by atoms with Crippen molar-refractivity contribution in [2.45, 2.75) is 24.3 Å². The molecule has 0 radical (unpaired) electrons. The Kier molecular flexibility index (Phi) is 5.28. The van der Waals surface area contributed by atoms with Gasteiger partial charge < -0.3 is 14.2 Å². The van der Waals surface area contributed by atoms with E-state index in [1.54, 1.807) is 24.3 Å². The maximum absolute atomic E-state index is 13.0. The second kappa shape index (κ2) is 7.46. The van der Waals surface area contributed by atoms with Crippen molar-refractivity contribution in [3.8, 4) is 17.4 Å². The Morgan fingerprint density at radius 3 is 2.58 bits per heavy atom. The molecule has 2 heterocycles. The predicted octanol–water partition coefficient (Wildman–Crippen LogP) is 1.64. The molecule has 9 heteroatoms. The lowest BCUT2D eigenvalue weighted by Gasteiger charge is -2.19. The Hall–Kier alpha value is -2.39. The predicted molar refractivity (Wildman–Crippen MR) is 94.1 cm³/mol. The molecule has 3 rings (SSSR count). The average molecular weight is 379 g/mol. The normalized spacial score (nSPS) is 17.9. The Morgan fingerprint density at radius 1 is 1.12 bits per heavy atom. The summed E-state index contributed by atoms with van der Waals surface area (Å²) in [6.45, 7) is 2.44. The summed E-state index contributed by atoms with van der Waals surface area (Å²) in [6.07, 6.45) is 0.304. The van der Waals surface area contributed by atoms with E-state index in [0.717, 1.165) is 5.69 Å². The molecule has 0 spiro atoms. The number of sulfonamides is 1. The van der Waals surface area contributed by atoms with Crippen molar-refractivity contribution in [1.29, 1.82) is 0 Å². The van der Waals surface area contributed by atoms with Crippen LogP contribution in [0.1, 0.15) is 12.1 Å². The summed E-state index contributed by atoms with van der Waals surface area (Å²) in [5, 5.41) is 7.90. The summed E-state index contributed by atoms with van der Waals surface area (Å²) >= 11 is 0. The second-order valence-corrected chi connectivity index (χ2v) is 7.83. The first-order valence-corrected chi connectivity index (χ1v) is 9.57. The number of hydrogen-bond donors (Lipinski definition) is 0. The Balaban J connectivity index is 1.76. The largest absolute Gasteiger partial charge is 0.497 e. The van der Waals surface area contributed by atoms with Gasteiger partial charge >= 0.3 is 0 Å². The van der Waals surface area contributed by atoms with Crippen molar-refractivity contribution in [2.24, 2.45) is 0 Å². The monoisotopic (exact) mass is 379 g/mol. The number of aryl methyl sites for hydroxylation is 1. The molecule has 0 N–H and O–H groups in total. The van der Waals surface area contributed by atoms with Crippen molar-refractivity contribution < 1.29 is 22.6 Å². The van der Waals surface area contributed by atoms with E-state index < -0.39 is 10.0 Å². The van der Waals surface area contributed by atoms with Gasteiger partial charge in [0.15, 0.2) is 0 Å². The van der Waals surface area contributed by atoms with E-state index in [1.165, 1.54) is 24.6 Å². The molecule has 8 nitrogen and oxygen atoms in total. The zero-order valence-electron chi connectivity index (χ0n) is 14.9. The SMILES string of the molecule is COc1ccc(S(=O)(=O)N2CCC(Oc3ccc(C)nn3)C2)c(OC)c1. The van der Waals surface area contributed by atoms with Gasteiger partial charge in [0.05, 0.1) is 26.5 Å². The number of methoxy groups -OCH3 is 2. The number of hydrogen-bond acceptors (Lipinski definition) is 7. The average Bonchev–Trinajstić information content (AvgIpc) is 3.12. The van der Waals surface area contributed by atoms with Crippen LogP contribution < -0.4 is 14.2 Å². The molecule has 1 unspecified atom stereocenters. The molecule has 26 heavy (non-hydrogen) atoms. The van der Waals surface area contributed by atoms with Gasteiger partial charge in [-0.2, -0.15) is 9.40 Å². The van der Waals surface area contributed by atoms with Crippen LogP contribution in [-0.2, 0) is 10.0 Å². The van der Waals surface area contributed by atoms with E-state index in [2.05, 4.69) is 10.2 Å². The van der Waals surface area contributed by atoms with Gasteiger partial charge in [-0.25, -0.2) is 8.42 Å². The van der Waals surface area contributed by atoms with E-state index >= 15 is 0 Å². The molecule has 0 saturated carbocycles. The van der Waals surface area contributed by atoms with Crippen LogP contribution in [0, 0.1) is 6.92 Å². The summed E-state index contributed by atoms with van der Waals surface area (Å²) in [5.74, 6) is 1.17. The molecule has 1 aromatic carbocycles. The highest BCUT2D eigenvalue weighted by Gasteiger charge is 2.35. The van der Waals surface area contributed by atoms with Crippen LogP contribution in [0.2, 0.25) is 0 Å². The first-order chi connectivity index (χ1) is 12.4. The molecular formula is C17H21N3O5S. The van der Waals surface area contributed by atoms with Gasteiger partial charge in [0.2, 0.25) is 15.9 Å². The van der Waals surface area contributed by atoms with E-state index in [1.807, 2.05) is 6.92 Å². The highest BCUT2D eigenvalue weighted by atomic mass is 32.2. The molecule has 1 aliphatic rings. The van der Waals surface area contributed by atoms with Gasteiger partial charge in [0.25, 0.3) is 0 Å².